The first kappa shape index (κ1) is 14.0. The lowest BCUT2D eigenvalue weighted by molar-refractivity contribution is -0.127. The molecule has 4 heteroatoms. The van der Waals surface area contributed by atoms with E-state index in [2.05, 4.69) is 5.32 Å². The number of amides is 1. The van der Waals surface area contributed by atoms with Gasteiger partial charge in [-0.1, -0.05) is 30.3 Å². The molecule has 0 saturated heterocycles. The van der Waals surface area contributed by atoms with Gasteiger partial charge in [-0.15, -0.1) is 0 Å². The Labute approximate surface area is 114 Å². The third-order valence-corrected chi connectivity index (χ3v) is 3.92. The lowest BCUT2D eigenvalue weighted by atomic mass is 9.92. The van der Waals surface area contributed by atoms with Crippen molar-refractivity contribution in [2.75, 3.05) is 7.11 Å². The van der Waals surface area contributed by atoms with Crippen LogP contribution < -0.4 is 11.1 Å². The van der Waals surface area contributed by atoms with E-state index in [1.54, 1.807) is 14.0 Å². The molecule has 0 aliphatic heterocycles. The molecule has 104 valence electrons. The molecule has 1 fully saturated rings. The quantitative estimate of drug-likeness (QED) is 0.865. The molecule has 1 saturated carbocycles. The number of nitrogens with one attached hydrogen (secondary N) is 1. The van der Waals surface area contributed by atoms with Crippen molar-refractivity contribution < 1.29 is 9.53 Å². The van der Waals surface area contributed by atoms with E-state index in [9.17, 15) is 4.79 Å². The van der Waals surface area contributed by atoms with Crippen molar-refractivity contribution >= 4 is 5.91 Å². The van der Waals surface area contributed by atoms with Gasteiger partial charge >= 0.3 is 0 Å². The van der Waals surface area contributed by atoms with Crippen LogP contribution in [0.3, 0.4) is 0 Å². The Morgan fingerprint density at radius 3 is 2.68 bits per heavy atom. The summed E-state index contributed by atoms with van der Waals surface area (Å²) in [7, 11) is 1.69. The lowest BCUT2D eigenvalue weighted by Crippen LogP contribution is -2.53. The fourth-order valence-corrected chi connectivity index (χ4v) is 2.61. The molecule has 0 aromatic heterocycles. The number of hydrogen-bond donors (Lipinski definition) is 2. The number of rotatable bonds is 4. The SMILES string of the molecule is COC1CCCC1NC(=O)C(C)(N)c1ccccc1. The Morgan fingerprint density at radius 1 is 1.37 bits per heavy atom. The maximum atomic E-state index is 12.4. The Morgan fingerprint density at radius 2 is 2.05 bits per heavy atom. The minimum atomic E-state index is -1.01. The Bertz CT molecular complexity index is 431. The second kappa shape index (κ2) is 5.72. The first-order valence-electron chi connectivity index (χ1n) is 6.74. The molecule has 3 atom stereocenters. The largest absolute Gasteiger partial charge is 0.379 e. The smallest absolute Gasteiger partial charge is 0.244 e. The number of nitrogens with two attached hydrogens (primary N) is 1. The minimum absolute atomic E-state index is 0.0732. The molecule has 2 rings (SSSR count). The van der Waals surface area contributed by atoms with Crippen LogP contribution in [0.2, 0.25) is 0 Å². The van der Waals surface area contributed by atoms with E-state index in [4.69, 9.17) is 10.5 Å². The zero-order valence-corrected chi connectivity index (χ0v) is 11.6. The molecular formula is C15H22N2O2. The molecule has 0 bridgehead atoms. The molecule has 0 spiro atoms. The minimum Gasteiger partial charge on any atom is -0.379 e. The third-order valence-electron chi connectivity index (χ3n) is 3.92. The van der Waals surface area contributed by atoms with Gasteiger partial charge in [0.1, 0.15) is 5.54 Å². The van der Waals surface area contributed by atoms with Gasteiger partial charge < -0.3 is 15.8 Å². The monoisotopic (exact) mass is 262 g/mol. The zero-order chi connectivity index (χ0) is 13.9. The first-order valence-corrected chi connectivity index (χ1v) is 6.74. The van der Waals surface area contributed by atoms with Crippen molar-refractivity contribution in [3.05, 3.63) is 35.9 Å². The summed E-state index contributed by atoms with van der Waals surface area (Å²) in [5.41, 5.74) is 6.00. The molecule has 4 nitrogen and oxygen atoms in total. The van der Waals surface area contributed by atoms with Crippen LogP contribution in [-0.2, 0) is 15.1 Å². The summed E-state index contributed by atoms with van der Waals surface area (Å²) < 4.78 is 5.39. The van der Waals surface area contributed by atoms with Crippen molar-refractivity contribution in [1.82, 2.24) is 5.32 Å². The van der Waals surface area contributed by atoms with Crippen molar-refractivity contribution in [3.63, 3.8) is 0 Å². The molecule has 1 aliphatic carbocycles. The highest BCUT2D eigenvalue weighted by molar-refractivity contribution is 5.87. The van der Waals surface area contributed by atoms with Crippen LogP contribution in [0.25, 0.3) is 0 Å². The summed E-state index contributed by atoms with van der Waals surface area (Å²) in [6.07, 6.45) is 3.13. The highest BCUT2D eigenvalue weighted by atomic mass is 16.5. The van der Waals surface area contributed by atoms with E-state index in [0.717, 1.165) is 24.8 Å². The van der Waals surface area contributed by atoms with Gasteiger partial charge in [-0.3, -0.25) is 4.79 Å². The highest BCUT2D eigenvalue weighted by Gasteiger charge is 2.35. The van der Waals surface area contributed by atoms with Gasteiger partial charge in [-0.05, 0) is 31.7 Å². The maximum Gasteiger partial charge on any atom is 0.244 e. The number of benzene rings is 1. The predicted octanol–water partition coefficient (Wildman–Crippen LogP) is 1.54. The van der Waals surface area contributed by atoms with Gasteiger partial charge in [0.2, 0.25) is 5.91 Å². The second-order valence-electron chi connectivity index (χ2n) is 5.35. The second-order valence-corrected chi connectivity index (χ2v) is 5.35. The summed E-state index contributed by atoms with van der Waals surface area (Å²) in [4.78, 5) is 12.4. The van der Waals surface area contributed by atoms with Crippen molar-refractivity contribution in [2.45, 2.75) is 43.9 Å². The summed E-state index contributed by atoms with van der Waals surface area (Å²) in [6.45, 7) is 1.74. The van der Waals surface area contributed by atoms with E-state index in [0.29, 0.717) is 0 Å². The number of hydrogen-bond acceptors (Lipinski definition) is 3. The summed E-state index contributed by atoms with van der Waals surface area (Å²) in [6, 6.07) is 9.52. The number of carbonyl (C=O) groups is 1. The van der Waals surface area contributed by atoms with Crippen LogP contribution in [0.15, 0.2) is 30.3 Å². The van der Waals surface area contributed by atoms with E-state index in [1.165, 1.54) is 0 Å². The molecule has 19 heavy (non-hydrogen) atoms. The third kappa shape index (κ3) is 2.96. The van der Waals surface area contributed by atoms with Crippen molar-refractivity contribution in [3.8, 4) is 0 Å². The average molecular weight is 262 g/mol. The Balaban J connectivity index is 2.07. The number of ether oxygens (including phenoxy) is 1. The van der Waals surface area contributed by atoms with Crippen LogP contribution in [0.1, 0.15) is 31.7 Å². The predicted molar refractivity (Wildman–Crippen MR) is 74.6 cm³/mol. The standard InChI is InChI=1S/C15H22N2O2/c1-15(16,11-7-4-3-5-8-11)14(18)17-12-9-6-10-13(12)19-2/h3-5,7-8,12-13H,6,9-10,16H2,1-2H3,(H,17,18). The number of carbonyl (C=O) groups excluding carboxylic acids is 1. The van der Waals surface area contributed by atoms with Crippen LogP contribution in [0.4, 0.5) is 0 Å². The first-order chi connectivity index (χ1) is 9.05. The molecule has 1 aliphatic rings. The molecule has 3 unspecified atom stereocenters. The average Bonchev–Trinajstić information content (AvgIpc) is 2.87. The molecule has 0 radical (unpaired) electrons. The maximum absolute atomic E-state index is 12.4. The molecule has 1 amide bonds. The molecule has 1 aromatic rings. The van der Waals surface area contributed by atoms with Gasteiger partial charge in [-0.2, -0.15) is 0 Å². The van der Waals surface area contributed by atoms with E-state index >= 15 is 0 Å². The van der Waals surface area contributed by atoms with Crippen LogP contribution in [-0.4, -0.2) is 25.2 Å². The molecular weight excluding hydrogens is 240 g/mol. The molecule has 1 aromatic carbocycles. The van der Waals surface area contributed by atoms with Gasteiger partial charge in [0.25, 0.3) is 0 Å². The topological polar surface area (TPSA) is 64.3 Å². The van der Waals surface area contributed by atoms with Gasteiger partial charge in [-0.25, -0.2) is 0 Å². The Hall–Kier alpha value is -1.39. The van der Waals surface area contributed by atoms with Crippen LogP contribution >= 0.6 is 0 Å². The van der Waals surface area contributed by atoms with Crippen molar-refractivity contribution in [2.24, 2.45) is 5.73 Å². The van der Waals surface area contributed by atoms with Gasteiger partial charge in [0.05, 0.1) is 12.1 Å². The summed E-state index contributed by atoms with van der Waals surface area (Å²) in [5, 5.41) is 3.03. The molecule has 0 heterocycles. The van der Waals surface area contributed by atoms with E-state index in [-0.39, 0.29) is 18.1 Å². The van der Waals surface area contributed by atoms with Gasteiger partial charge in [0.15, 0.2) is 0 Å². The summed E-state index contributed by atoms with van der Waals surface area (Å²) >= 11 is 0. The van der Waals surface area contributed by atoms with Crippen LogP contribution in [0, 0.1) is 0 Å². The normalized spacial score (nSPS) is 25.8. The lowest BCUT2D eigenvalue weighted by Gasteiger charge is -2.28. The van der Waals surface area contributed by atoms with Crippen molar-refractivity contribution in [1.29, 1.82) is 0 Å². The van der Waals surface area contributed by atoms with Crippen LogP contribution in [0.5, 0.6) is 0 Å². The fraction of sp³-hybridized carbons (Fsp3) is 0.533. The summed E-state index contributed by atoms with van der Waals surface area (Å²) in [5.74, 6) is -0.146. The zero-order valence-electron chi connectivity index (χ0n) is 11.6. The highest BCUT2D eigenvalue weighted by Crippen LogP contribution is 2.24. The number of methoxy groups -OCH3 is 1. The Kier molecular flexibility index (Phi) is 4.22. The fourth-order valence-electron chi connectivity index (χ4n) is 2.61. The molecule has 3 N–H and O–H groups in total. The van der Waals surface area contributed by atoms with E-state index in [1.807, 2.05) is 30.3 Å². The van der Waals surface area contributed by atoms with Gasteiger partial charge in [0, 0.05) is 7.11 Å². The van der Waals surface area contributed by atoms with E-state index < -0.39 is 5.54 Å².